The molecule has 0 unspecified atom stereocenters. The lowest BCUT2D eigenvalue weighted by Crippen LogP contribution is -2.17. The number of ether oxygens (including phenoxy) is 1. The van der Waals surface area contributed by atoms with Crippen molar-refractivity contribution in [1.29, 1.82) is 0 Å². The summed E-state index contributed by atoms with van der Waals surface area (Å²) in [6.45, 7) is 1.70. The molecule has 0 amide bonds. The minimum absolute atomic E-state index is 0.0366. The fourth-order valence-electron chi connectivity index (χ4n) is 4.97. The van der Waals surface area contributed by atoms with Crippen molar-refractivity contribution < 1.29 is 13.5 Å². The van der Waals surface area contributed by atoms with Crippen molar-refractivity contribution in [3.05, 3.63) is 93.5 Å². The molecule has 0 atom stereocenters. The van der Waals surface area contributed by atoms with Crippen LogP contribution in [0.3, 0.4) is 0 Å². The van der Waals surface area contributed by atoms with Gasteiger partial charge in [0.2, 0.25) is 0 Å². The van der Waals surface area contributed by atoms with Crippen molar-refractivity contribution in [3.8, 4) is 11.5 Å². The Morgan fingerprint density at radius 3 is 2.63 bits per heavy atom. The Kier molecular flexibility index (Phi) is 6.95. The van der Waals surface area contributed by atoms with Gasteiger partial charge in [-0.1, -0.05) is 37.8 Å². The number of halogens is 2. The van der Waals surface area contributed by atoms with Crippen molar-refractivity contribution in [2.24, 2.45) is 5.92 Å². The van der Waals surface area contributed by atoms with Crippen LogP contribution >= 0.6 is 0 Å². The first kappa shape index (κ1) is 23.3. The van der Waals surface area contributed by atoms with Crippen molar-refractivity contribution >= 4 is 10.9 Å². The van der Waals surface area contributed by atoms with Crippen molar-refractivity contribution in [2.45, 2.75) is 45.1 Å². The molecule has 3 N–H and O–H groups in total. The fraction of sp³-hybridized carbons (Fsp3) is 0.321. The standard InChI is InChI=1S/C28H29F2N3O2/c29-22-6-8-26(24(30)15-22)35-25-7-5-19(16-31-11-9-18-3-1-2-4-18)13-20(25)14-21-17-33-27-23(21)10-12-32-28(27)34/h5-8,10,12-13,15,17-18,31,33H,1-4,9,11,14,16H2,(H,32,34). The van der Waals surface area contributed by atoms with Gasteiger partial charge in [0.25, 0.3) is 5.56 Å². The highest BCUT2D eigenvalue weighted by Crippen LogP contribution is 2.32. The zero-order valence-electron chi connectivity index (χ0n) is 19.5. The highest BCUT2D eigenvalue weighted by molar-refractivity contribution is 5.82. The number of hydrogen-bond acceptors (Lipinski definition) is 3. The van der Waals surface area contributed by atoms with E-state index in [4.69, 9.17) is 4.74 Å². The average Bonchev–Trinajstić information content (AvgIpc) is 3.51. The first-order valence-corrected chi connectivity index (χ1v) is 12.2. The van der Waals surface area contributed by atoms with E-state index >= 15 is 0 Å². The Labute approximate surface area is 202 Å². The Hall–Kier alpha value is -3.45. The lowest BCUT2D eigenvalue weighted by atomic mass is 10.0. The van der Waals surface area contributed by atoms with E-state index in [-0.39, 0.29) is 11.3 Å². The highest BCUT2D eigenvalue weighted by Gasteiger charge is 2.16. The molecule has 2 heterocycles. The Balaban J connectivity index is 1.39. The van der Waals surface area contributed by atoms with Crippen LogP contribution in [0.15, 0.2) is 59.7 Å². The topological polar surface area (TPSA) is 69.9 Å². The van der Waals surface area contributed by atoms with E-state index in [0.717, 1.165) is 47.2 Å². The van der Waals surface area contributed by atoms with Crippen molar-refractivity contribution in [2.75, 3.05) is 6.54 Å². The second-order valence-electron chi connectivity index (χ2n) is 9.32. The first-order chi connectivity index (χ1) is 17.1. The van der Waals surface area contributed by atoms with Crippen LogP contribution in [0.5, 0.6) is 11.5 Å². The molecule has 0 aliphatic heterocycles. The SMILES string of the molecule is O=c1[nH]ccc2c(Cc3cc(CNCCC4CCCC4)ccc3Oc3ccc(F)cc3F)c[nH]c12. The first-order valence-electron chi connectivity index (χ1n) is 12.2. The van der Waals surface area contributed by atoms with E-state index in [2.05, 4.69) is 15.3 Å². The van der Waals surface area contributed by atoms with Crippen LogP contribution in [-0.4, -0.2) is 16.5 Å². The summed E-state index contributed by atoms with van der Waals surface area (Å²) in [5.41, 5.74) is 3.21. The fourth-order valence-corrected chi connectivity index (χ4v) is 4.97. The Morgan fingerprint density at radius 2 is 1.80 bits per heavy atom. The predicted octanol–water partition coefficient (Wildman–Crippen LogP) is 6.19. The minimum atomic E-state index is -0.757. The van der Waals surface area contributed by atoms with Crippen molar-refractivity contribution in [3.63, 3.8) is 0 Å². The van der Waals surface area contributed by atoms with Gasteiger partial charge in [0, 0.05) is 36.8 Å². The predicted molar refractivity (Wildman–Crippen MR) is 133 cm³/mol. The number of fused-ring (bicyclic) bond motifs is 1. The lowest BCUT2D eigenvalue weighted by molar-refractivity contribution is 0.434. The second kappa shape index (κ2) is 10.4. The summed E-state index contributed by atoms with van der Waals surface area (Å²) < 4.78 is 33.5. The molecule has 1 saturated carbocycles. The number of aromatic nitrogens is 2. The molecule has 1 aliphatic carbocycles. The molecule has 2 aromatic heterocycles. The van der Waals surface area contributed by atoms with Gasteiger partial charge in [-0.3, -0.25) is 4.79 Å². The summed E-state index contributed by atoms with van der Waals surface area (Å²) in [5.74, 6) is -0.121. The van der Waals surface area contributed by atoms with E-state index in [0.29, 0.717) is 17.7 Å². The van der Waals surface area contributed by atoms with Gasteiger partial charge in [0.15, 0.2) is 11.6 Å². The van der Waals surface area contributed by atoms with E-state index in [9.17, 15) is 13.6 Å². The summed E-state index contributed by atoms with van der Waals surface area (Å²) in [4.78, 5) is 17.8. The summed E-state index contributed by atoms with van der Waals surface area (Å²) in [5, 5.41) is 4.37. The van der Waals surface area contributed by atoms with Crippen LogP contribution in [0.25, 0.3) is 10.9 Å². The third-order valence-corrected chi connectivity index (χ3v) is 6.85. The maximum atomic E-state index is 14.3. The van der Waals surface area contributed by atoms with Gasteiger partial charge in [-0.05, 0) is 59.8 Å². The summed E-state index contributed by atoms with van der Waals surface area (Å²) in [6.07, 6.45) is 10.5. The zero-order chi connectivity index (χ0) is 24.2. The van der Waals surface area contributed by atoms with Crippen molar-refractivity contribution in [1.82, 2.24) is 15.3 Å². The molecule has 5 nitrogen and oxygen atoms in total. The molecule has 1 aliphatic rings. The van der Waals surface area contributed by atoms with Gasteiger partial charge in [-0.2, -0.15) is 0 Å². The van der Waals surface area contributed by atoms with Gasteiger partial charge in [-0.25, -0.2) is 8.78 Å². The van der Waals surface area contributed by atoms with Crippen LogP contribution < -0.4 is 15.6 Å². The maximum absolute atomic E-state index is 14.3. The van der Waals surface area contributed by atoms with Gasteiger partial charge >= 0.3 is 0 Å². The summed E-state index contributed by atoms with van der Waals surface area (Å²) in [7, 11) is 0. The molecule has 0 radical (unpaired) electrons. The molecule has 1 fully saturated rings. The molecular formula is C28H29F2N3O2. The van der Waals surface area contributed by atoms with Crippen LogP contribution in [0.2, 0.25) is 0 Å². The Morgan fingerprint density at radius 1 is 0.971 bits per heavy atom. The van der Waals surface area contributed by atoms with E-state index < -0.39 is 11.6 Å². The van der Waals surface area contributed by atoms with E-state index in [1.54, 1.807) is 6.20 Å². The molecule has 0 bridgehead atoms. The van der Waals surface area contributed by atoms with E-state index in [1.807, 2.05) is 30.5 Å². The molecule has 0 spiro atoms. The largest absolute Gasteiger partial charge is 0.454 e. The van der Waals surface area contributed by atoms with Gasteiger partial charge in [0.05, 0.1) is 0 Å². The number of H-pyrrole nitrogens is 2. The second-order valence-corrected chi connectivity index (χ2v) is 9.32. The smallest absolute Gasteiger partial charge is 0.272 e. The van der Waals surface area contributed by atoms with Crippen LogP contribution in [0.1, 0.15) is 48.8 Å². The normalized spacial score (nSPS) is 14.1. The number of hydrogen-bond donors (Lipinski definition) is 3. The molecule has 4 aromatic rings. The minimum Gasteiger partial charge on any atom is -0.454 e. The summed E-state index contributed by atoms with van der Waals surface area (Å²) >= 11 is 0. The third kappa shape index (κ3) is 5.46. The molecule has 0 saturated heterocycles. The quantitative estimate of drug-likeness (QED) is 0.252. The van der Waals surface area contributed by atoms with E-state index in [1.165, 1.54) is 44.2 Å². The molecule has 182 valence electrons. The average molecular weight is 478 g/mol. The Bertz CT molecular complexity index is 1370. The molecule has 5 rings (SSSR count). The van der Waals surface area contributed by atoms with Crippen LogP contribution in [0.4, 0.5) is 8.78 Å². The molecule has 2 aromatic carbocycles. The number of pyridine rings is 1. The number of benzene rings is 2. The molecule has 7 heteroatoms. The maximum Gasteiger partial charge on any atom is 0.272 e. The number of rotatable bonds is 9. The third-order valence-electron chi connectivity index (χ3n) is 6.85. The number of aromatic amines is 2. The van der Waals surface area contributed by atoms with Gasteiger partial charge in [0.1, 0.15) is 17.1 Å². The van der Waals surface area contributed by atoms with Crippen LogP contribution in [-0.2, 0) is 13.0 Å². The van der Waals surface area contributed by atoms with Crippen LogP contribution in [0, 0.1) is 17.6 Å². The monoisotopic (exact) mass is 477 g/mol. The molecular weight excluding hydrogens is 448 g/mol. The van der Waals surface area contributed by atoms with Gasteiger partial charge < -0.3 is 20.0 Å². The zero-order valence-corrected chi connectivity index (χ0v) is 19.5. The lowest BCUT2D eigenvalue weighted by Gasteiger charge is -2.15. The number of nitrogens with one attached hydrogen (secondary N) is 3. The summed E-state index contributed by atoms with van der Waals surface area (Å²) in [6, 6.07) is 11.0. The molecule has 35 heavy (non-hydrogen) atoms. The highest BCUT2D eigenvalue weighted by atomic mass is 19.1. The van der Waals surface area contributed by atoms with Gasteiger partial charge in [-0.15, -0.1) is 0 Å².